The van der Waals surface area contributed by atoms with Gasteiger partial charge in [-0.2, -0.15) is 0 Å². The van der Waals surface area contributed by atoms with Gasteiger partial charge < -0.3 is 9.15 Å². The van der Waals surface area contributed by atoms with Crippen LogP contribution in [0.4, 0.5) is 0 Å². The lowest BCUT2D eigenvalue weighted by Crippen LogP contribution is -2.07. The van der Waals surface area contributed by atoms with Crippen molar-refractivity contribution in [1.29, 1.82) is 0 Å². The van der Waals surface area contributed by atoms with E-state index in [1.165, 1.54) is 5.56 Å². The summed E-state index contributed by atoms with van der Waals surface area (Å²) in [7, 11) is 0. The minimum Gasteiger partial charge on any atom is -0.489 e. The van der Waals surface area contributed by atoms with Crippen molar-refractivity contribution in [3.63, 3.8) is 0 Å². The second-order valence-electron chi connectivity index (χ2n) is 6.74. The number of aryl methyl sites for hydroxylation is 2. The molecule has 0 radical (unpaired) electrons. The maximum Gasteiger partial charge on any atom is 0.200 e. The summed E-state index contributed by atoms with van der Waals surface area (Å²) >= 11 is 3.42. The van der Waals surface area contributed by atoms with Gasteiger partial charge in [-0.15, -0.1) is 0 Å². The summed E-state index contributed by atoms with van der Waals surface area (Å²) < 4.78 is 12.9. The average molecular weight is 435 g/mol. The molecular formula is C24H19BrO3. The van der Waals surface area contributed by atoms with E-state index in [2.05, 4.69) is 28.9 Å². The molecule has 0 aliphatic heterocycles. The van der Waals surface area contributed by atoms with Crippen LogP contribution in [0.5, 0.6) is 5.75 Å². The molecule has 28 heavy (non-hydrogen) atoms. The lowest BCUT2D eigenvalue weighted by molar-refractivity contribution is 0.305. The van der Waals surface area contributed by atoms with Gasteiger partial charge in [0.2, 0.25) is 5.43 Å². The van der Waals surface area contributed by atoms with Crippen LogP contribution < -0.4 is 10.2 Å². The lowest BCUT2D eigenvalue weighted by Gasteiger charge is -2.11. The van der Waals surface area contributed by atoms with Gasteiger partial charge >= 0.3 is 0 Å². The van der Waals surface area contributed by atoms with Crippen LogP contribution in [0.3, 0.4) is 0 Å². The fraction of sp³-hybridized carbons (Fsp3) is 0.125. The van der Waals surface area contributed by atoms with Crippen LogP contribution in [0.1, 0.15) is 16.9 Å². The fourth-order valence-electron chi connectivity index (χ4n) is 3.26. The number of rotatable bonds is 4. The molecule has 0 saturated carbocycles. The van der Waals surface area contributed by atoms with Gasteiger partial charge in [0.25, 0.3) is 0 Å². The minimum absolute atomic E-state index is 0.0356. The molecule has 3 nitrogen and oxygen atoms in total. The maximum atomic E-state index is 13.1. The first kappa shape index (κ1) is 18.5. The standard InChI is InChI=1S/C24H19BrO3/c1-15-5-3-4-6-18(15)14-27-20-11-12-21-22(13-20)28-16(2)23(24(21)26)17-7-9-19(25)10-8-17/h3-13H,14H2,1-2H3. The molecular weight excluding hydrogens is 416 g/mol. The number of fused-ring (bicyclic) bond motifs is 1. The van der Waals surface area contributed by atoms with E-state index in [-0.39, 0.29) is 5.43 Å². The normalized spacial score (nSPS) is 11.0. The van der Waals surface area contributed by atoms with Gasteiger partial charge in [-0.1, -0.05) is 52.3 Å². The first-order valence-corrected chi connectivity index (χ1v) is 9.83. The first-order valence-electron chi connectivity index (χ1n) is 9.03. The summed E-state index contributed by atoms with van der Waals surface area (Å²) in [5, 5.41) is 0.548. The zero-order valence-corrected chi connectivity index (χ0v) is 17.2. The molecule has 0 amide bonds. The Hall–Kier alpha value is -2.85. The van der Waals surface area contributed by atoms with E-state index >= 15 is 0 Å². The van der Waals surface area contributed by atoms with Crippen molar-refractivity contribution in [2.75, 3.05) is 0 Å². The Kier molecular flexibility index (Phi) is 5.05. The molecule has 0 aliphatic carbocycles. The predicted octanol–water partition coefficient (Wildman–Crippen LogP) is 6.42. The summed E-state index contributed by atoms with van der Waals surface area (Å²) in [4.78, 5) is 13.1. The van der Waals surface area contributed by atoms with E-state index in [4.69, 9.17) is 9.15 Å². The second kappa shape index (κ2) is 7.64. The van der Waals surface area contributed by atoms with E-state index < -0.39 is 0 Å². The van der Waals surface area contributed by atoms with Crippen molar-refractivity contribution in [2.45, 2.75) is 20.5 Å². The van der Waals surface area contributed by atoms with Crippen LogP contribution in [0.25, 0.3) is 22.1 Å². The Morgan fingerprint density at radius 2 is 1.71 bits per heavy atom. The number of hydrogen-bond acceptors (Lipinski definition) is 3. The van der Waals surface area contributed by atoms with Gasteiger partial charge in [-0.25, -0.2) is 0 Å². The van der Waals surface area contributed by atoms with Crippen LogP contribution in [0.15, 0.2) is 80.4 Å². The quantitative estimate of drug-likeness (QED) is 0.372. The van der Waals surface area contributed by atoms with E-state index in [9.17, 15) is 4.79 Å². The summed E-state index contributed by atoms with van der Waals surface area (Å²) in [6.07, 6.45) is 0. The molecule has 0 spiro atoms. The molecule has 4 rings (SSSR count). The molecule has 140 valence electrons. The van der Waals surface area contributed by atoms with Crippen molar-refractivity contribution in [2.24, 2.45) is 0 Å². The molecule has 4 aromatic rings. The Labute approximate surface area is 171 Å². The van der Waals surface area contributed by atoms with Crippen molar-refractivity contribution in [3.8, 4) is 16.9 Å². The van der Waals surface area contributed by atoms with Gasteiger partial charge in [0.05, 0.1) is 10.9 Å². The summed E-state index contributed by atoms with van der Waals surface area (Å²) in [6, 6.07) is 21.1. The van der Waals surface area contributed by atoms with E-state index in [0.717, 1.165) is 15.6 Å². The van der Waals surface area contributed by atoms with Crippen LogP contribution in [-0.2, 0) is 6.61 Å². The lowest BCUT2D eigenvalue weighted by atomic mass is 10.0. The second-order valence-corrected chi connectivity index (χ2v) is 7.66. The monoisotopic (exact) mass is 434 g/mol. The van der Waals surface area contributed by atoms with Crippen LogP contribution in [-0.4, -0.2) is 0 Å². The zero-order chi connectivity index (χ0) is 19.7. The van der Waals surface area contributed by atoms with E-state index in [1.807, 2.05) is 55.5 Å². The van der Waals surface area contributed by atoms with Gasteiger partial charge in [-0.05, 0) is 54.8 Å². The molecule has 0 N–H and O–H groups in total. The van der Waals surface area contributed by atoms with Crippen molar-refractivity contribution in [3.05, 3.63) is 98.3 Å². The largest absolute Gasteiger partial charge is 0.489 e. The highest BCUT2D eigenvalue weighted by Crippen LogP contribution is 2.27. The molecule has 0 bridgehead atoms. The topological polar surface area (TPSA) is 39.4 Å². The van der Waals surface area contributed by atoms with Crippen molar-refractivity contribution >= 4 is 26.9 Å². The third kappa shape index (κ3) is 3.60. The maximum absolute atomic E-state index is 13.1. The third-order valence-corrected chi connectivity index (χ3v) is 5.36. The van der Waals surface area contributed by atoms with Crippen LogP contribution in [0, 0.1) is 13.8 Å². The Bertz CT molecular complexity index is 1210. The third-order valence-electron chi connectivity index (χ3n) is 4.83. The predicted molar refractivity (Wildman–Crippen MR) is 116 cm³/mol. The highest BCUT2D eigenvalue weighted by atomic mass is 79.9. The summed E-state index contributed by atoms with van der Waals surface area (Å²) in [5.41, 5.74) is 4.25. The van der Waals surface area contributed by atoms with Crippen LogP contribution in [0.2, 0.25) is 0 Å². The van der Waals surface area contributed by atoms with E-state index in [1.54, 1.807) is 12.1 Å². The van der Waals surface area contributed by atoms with Gasteiger partial charge in [0.1, 0.15) is 23.7 Å². The number of halogens is 1. The minimum atomic E-state index is -0.0356. The molecule has 1 aromatic heterocycles. The highest BCUT2D eigenvalue weighted by molar-refractivity contribution is 9.10. The van der Waals surface area contributed by atoms with Crippen molar-refractivity contribution in [1.82, 2.24) is 0 Å². The summed E-state index contributed by atoms with van der Waals surface area (Å²) in [5.74, 6) is 1.27. The zero-order valence-electron chi connectivity index (χ0n) is 15.7. The smallest absolute Gasteiger partial charge is 0.200 e. The SMILES string of the molecule is Cc1ccccc1COc1ccc2c(=O)c(-c3ccc(Br)cc3)c(C)oc2c1. The number of benzene rings is 3. The molecule has 4 heteroatoms. The molecule has 0 aliphatic rings. The number of ether oxygens (including phenoxy) is 1. The Balaban J connectivity index is 1.69. The molecule has 0 fully saturated rings. The fourth-order valence-corrected chi connectivity index (χ4v) is 3.52. The van der Waals surface area contributed by atoms with Crippen molar-refractivity contribution < 1.29 is 9.15 Å². The average Bonchev–Trinajstić information content (AvgIpc) is 2.68. The Morgan fingerprint density at radius 3 is 2.46 bits per heavy atom. The Morgan fingerprint density at radius 1 is 0.964 bits per heavy atom. The first-order chi connectivity index (χ1) is 13.5. The highest BCUT2D eigenvalue weighted by Gasteiger charge is 2.14. The van der Waals surface area contributed by atoms with Gasteiger partial charge in [-0.3, -0.25) is 4.79 Å². The molecule has 1 heterocycles. The molecule has 0 saturated heterocycles. The molecule has 3 aromatic carbocycles. The van der Waals surface area contributed by atoms with E-state index in [0.29, 0.717) is 34.6 Å². The molecule has 0 atom stereocenters. The van der Waals surface area contributed by atoms with Gasteiger partial charge in [0.15, 0.2) is 0 Å². The number of hydrogen-bond donors (Lipinski definition) is 0. The molecule has 0 unspecified atom stereocenters. The summed E-state index contributed by atoms with van der Waals surface area (Å²) in [6.45, 7) is 4.35. The van der Waals surface area contributed by atoms with Gasteiger partial charge in [0, 0.05) is 10.5 Å². The van der Waals surface area contributed by atoms with Crippen LogP contribution >= 0.6 is 15.9 Å².